The molecule has 0 saturated heterocycles. The highest BCUT2D eigenvalue weighted by atomic mass is 16.1. The third kappa shape index (κ3) is 4.14. The molecule has 1 aromatic heterocycles. The van der Waals surface area contributed by atoms with Crippen molar-refractivity contribution in [1.29, 1.82) is 0 Å². The molecule has 1 heterocycles. The molecule has 0 radical (unpaired) electrons. The van der Waals surface area contributed by atoms with Gasteiger partial charge in [-0.05, 0) is 83.9 Å². The lowest BCUT2D eigenvalue weighted by molar-refractivity contribution is 1.16. The zero-order valence-electron chi connectivity index (χ0n) is 21.8. The van der Waals surface area contributed by atoms with Crippen molar-refractivity contribution in [2.75, 3.05) is 4.90 Å². The third-order valence-corrected chi connectivity index (χ3v) is 7.39. The summed E-state index contributed by atoms with van der Waals surface area (Å²) in [5.74, 6) is 0. The number of aromatic nitrogens is 1. The van der Waals surface area contributed by atoms with Crippen LogP contribution in [0.25, 0.3) is 38.6 Å². The number of benzene rings is 6. The van der Waals surface area contributed by atoms with Crippen molar-refractivity contribution in [3.8, 4) is 16.8 Å². The fourth-order valence-electron chi connectivity index (χ4n) is 5.48. The predicted octanol–water partition coefficient (Wildman–Crippen LogP) is 9.28. The van der Waals surface area contributed by atoms with Gasteiger partial charge in [-0.1, -0.05) is 84.9 Å². The van der Waals surface area contributed by atoms with E-state index in [4.69, 9.17) is 0 Å². The first-order chi connectivity index (χ1) is 19.8. The van der Waals surface area contributed by atoms with E-state index in [1.54, 1.807) is 0 Å². The Morgan fingerprint density at radius 2 is 0.800 bits per heavy atom. The zero-order valence-corrected chi connectivity index (χ0v) is 21.8. The number of hydrogen-bond acceptors (Lipinski definition) is 2. The smallest absolute Gasteiger partial charge is 0.197 e. The fraction of sp³-hybridized carbons (Fsp3) is 0. The van der Waals surface area contributed by atoms with E-state index in [0.29, 0.717) is 0 Å². The van der Waals surface area contributed by atoms with Crippen molar-refractivity contribution >= 4 is 38.9 Å². The van der Waals surface area contributed by atoms with Gasteiger partial charge in [0.1, 0.15) is 0 Å². The van der Waals surface area contributed by atoms with Crippen LogP contribution >= 0.6 is 0 Å². The molecule has 3 nitrogen and oxygen atoms in total. The number of hydrogen-bond donors (Lipinski definition) is 0. The van der Waals surface area contributed by atoms with Crippen LogP contribution in [0, 0.1) is 0 Å². The molecule has 7 rings (SSSR count). The molecule has 0 atom stereocenters. The summed E-state index contributed by atoms with van der Waals surface area (Å²) in [5, 5.41) is 1.45. The summed E-state index contributed by atoms with van der Waals surface area (Å²) >= 11 is 0. The summed E-state index contributed by atoms with van der Waals surface area (Å²) in [6.07, 6.45) is 0. The molecule has 0 fully saturated rings. The molecule has 0 aliphatic heterocycles. The highest BCUT2D eigenvalue weighted by molar-refractivity contribution is 5.95. The van der Waals surface area contributed by atoms with Crippen molar-refractivity contribution in [1.82, 2.24) is 4.57 Å². The number of nitrogens with zero attached hydrogens (tertiary/aromatic N) is 2. The predicted molar refractivity (Wildman–Crippen MR) is 167 cm³/mol. The van der Waals surface area contributed by atoms with E-state index >= 15 is 0 Å². The molecule has 6 aromatic carbocycles. The molecular weight excluding hydrogens is 488 g/mol. The van der Waals surface area contributed by atoms with Gasteiger partial charge in [0.05, 0.1) is 11.0 Å². The second-order valence-electron chi connectivity index (χ2n) is 9.80. The molecule has 0 aliphatic carbocycles. The monoisotopic (exact) mass is 514 g/mol. The standard InChI is InChI=1S/C37H26N2O/c40-37-33-15-7-9-17-35(33)39(36-18-10-8-16-34(36)37)32-25-21-28(22-26-32)27-19-23-31(24-20-27)38(29-11-3-1-4-12-29)30-13-5-2-6-14-30/h1-26H. The van der Waals surface area contributed by atoms with E-state index in [1.165, 1.54) is 0 Å². The molecule has 0 unspecified atom stereocenters. The van der Waals surface area contributed by atoms with E-state index in [0.717, 1.165) is 55.7 Å². The van der Waals surface area contributed by atoms with Crippen LogP contribution in [-0.4, -0.2) is 4.57 Å². The van der Waals surface area contributed by atoms with Gasteiger partial charge in [-0.25, -0.2) is 0 Å². The molecule has 190 valence electrons. The van der Waals surface area contributed by atoms with Crippen molar-refractivity contribution in [2.24, 2.45) is 0 Å². The molecule has 7 aromatic rings. The fourth-order valence-corrected chi connectivity index (χ4v) is 5.48. The lowest BCUT2D eigenvalue weighted by atomic mass is 10.0. The molecule has 0 spiro atoms. The minimum atomic E-state index is 0.0687. The first-order valence-electron chi connectivity index (χ1n) is 13.4. The van der Waals surface area contributed by atoms with E-state index in [-0.39, 0.29) is 5.43 Å². The Morgan fingerprint density at radius 1 is 0.400 bits per heavy atom. The van der Waals surface area contributed by atoms with Gasteiger partial charge in [0.25, 0.3) is 0 Å². The second kappa shape index (κ2) is 10.0. The minimum Gasteiger partial charge on any atom is -0.311 e. The van der Waals surface area contributed by atoms with Gasteiger partial charge >= 0.3 is 0 Å². The quantitative estimate of drug-likeness (QED) is 0.214. The second-order valence-corrected chi connectivity index (χ2v) is 9.80. The maximum Gasteiger partial charge on any atom is 0.197 e. The van der Waals surface area contributed by atoms with Gasteiger partial charge < -0.3 is 9.47 Å². The molecule has 0 saturated carbocycles. The average Bonchev–Trinajstić information content (AvgIpc) is 3.03. The zero-order chi connectivity index (χ0) is 26.9. The Morgan fingerprint density at radius 3 is 1.30 bits per heavy atom. The molecular formula is C37H26N2O. The minimum absolute atomic E-state index is 0.0687. The van der Waals surface area contributed by atoms with Crippen molar-refractivity contribution in [2.45, 2.75) is 0 Å². The summed E-state index contributed by atoms with van der Waals surface area (Å²) in [6, 6.07) is 53.8. The van der Waals surface area contributed by atoms with Crippen LogP contribution in [0.1, 0.15) is 0 Å². The van der Waals surface area contributed by atoms with Gasteiger partial charge in [-0.3, -0.25) is 4.79 Å². The lowest BCUT2D eigenvalue weighted by Gasteiger charge is -2.25. The SMILES string of the molecule is O=c1c2ccccc2n(-c2ccc(-c3ccc(N(c4ccccc4)c4ccccc4)cc3)cc2)c2ccccc12. The highest BCUT2D eigenvalue weighted by Crippen LogP contribution is 2.35. The number of rotatable bonds is 5. The average molecular weight is 515 g/mol. The summed E-state index contributed by atoms with van der Waals surface area (Å²) in [7, 11) is 0. The first kappa shape index (κ1) is 23.7. The van der Waals surface area contributed by atoms with E-state index in [1.807, 2.05) is 60.7 Å². The molecule has 0 amide bonds. The normalized spacial score (nSPS) is 11.1. The van der Waals surface area contributed by atoms with Crippen LogP contribution in [0.2, 0.25) is 0 Å². The molecule has 40 heavy (non-hydrogen) atoms. The Labute approximate surface area is 232 Å². The van der Waals surface area contributed by atoms with Gasteiger partial charge in [-0.2, -0.15) is 0 Å². The van der Waals surface area contributed by atoms with E-state index in [9.17, 15) is 4.79 Å². The molecule has 3 heteroatoms. The molecule has 0 aliphatic rings. The van der Waals surface area contributed by atoms with Gasteiger partial charge in [0.2, 0.25) is 0 Å². The van der Waals surface area contributed by atoms with E-state index < -0.39 is 0 Å². The Kier molecular flexibility index (Phi) is 5.95. The lowest BCUT2D eigenvalue weighted by Crippen LogP contribution is -2.10. The molecule has 0 N–H and O–H groups in total. The Hall–Kier alpha value is -5.41. The third-order valence-electron chi connectivity index (χ3n) is 7.39. The van der Waals surface area contributed by atoms with Crippen molar-refractivity contribution in [3.05, 3.63) is 168 Å². The van der Waals surface area contributed by atoms with Crippen LogP contribution in [0.3, 0.4) is 0 Å². The summed E-state index contributed by atoms with van der Waals surface area (Å²) < 4.78 is 2.18. The van der Waals surface area contributed by atoms with Gasteiger partial charge in [0, 0.05) is 33.5 Å². The summed E-state index contributed by atoms with van der Waals surface area (Å²) in [5.41, 5.74) is 8.52. The van der Waals surface area contributed by atoms with Crippen LogP contribution in [0.5, 0.6) is 0 Å². The van der Waals surface area contributed by atoms with Crippen LogP contribution in [0.4, 0.5) is 17.1 Å². The Balaban J connectivity index is 1.27. The summed E-state index contributed by atoms with van der Waals surface area (Å²) in [6.45, 7) is 0. The number of pyridine rings is 1. The van der Waals surface area contributed by atoms with Crippen LogP contribution < -0.4 is 10.3 Å². The van der Waals surface area contributed by atoms with Crippen LogP contribution in [-0.2, 0) is 0 Å². The van der Waals surface area contributed by atoms with Crippen molar-refractivity contribution in [3.63, 3.8) is 0 Å². The maximum absolute atomic E-state index is 13.2. The number of fused-ring (bicyclic) bond motifs is 2. The first-order valence-corrected chi connectivity index (χ1v) is 13.4. The maximum atomic E-state index is 13.2. The highest BCUT2D eigenvalue weighted by Gasteiger charge is 2.13. The summed E-state index contributed by atoms with van der Waals surface area (Å²) in [4.78, 5) is 15.4. The largest absolute Gasteiger partial charge is 0.311 e. The molecule has 0 bridgehead atoms. The van der Waals surface area contributed by atoms with Gasteiger partial charge in [0.15, 0.2) is 5.43 Å². The van der Waals surface area contributed by atoms with Crippen molar-refractivity contribution < 1.29 is 0 Å². The topological polar surface area (TPSA) is 25.2 Å². The van der Waals surface area contributed by atoms with Crippen LogP contribution in [0.15, 0.2) is 163 Å². The van der Waals surface area contributed by atoms with Gasteiger partial charge in [-0.15, -0.1) is 0 Å². The number of anilines is 3. The number of para-hydroxylation sites is 4. The Bertz CT molecular complexity index is 1890. The van der Waals surface area contributed by atoms with E-state index in [2.05, 4.69) is 107 Å².